The van der Waals surface area contributed by atoms with E-state index >= 15 is 0 Å². The van der Waals surface area contributed by atoms with E-state index in [4.69, 9.17) is 4.98 Å². The predicted molar refractivity (Wildman–Crippen MR) is 96.6 cm³/mol. The number of para-hydroxylation sites is 1. The molecule has 1 N–H and O–H groups in total. The van der Waals surface area contributed by atoms with E-state index in [0.717, 1.165) is 67.8 Å². The van der Waals surface area contributed by atoms with E-state index in [9.17, 15) is 4.79 Å². The Bertz CT molecular complexity index is 748. The summed E-state index contributed by atoms with van der Waals surface area (Å²) in [5.41, 5.74) is 1.65. The highest BCUT2D eigenvalue weighted by Crippen LogP contribution is 2.25. The lowest BCUT2D eigenvalue weighted by atomic mass is 10.1. The molecule has 1 aromatic heterocycles. The summed E-state index contributed by atoms with van der Waals surface area (Å²) < 4.78 is 0. The summed E-state index contributed by atoms with van der Waals surface area (Å²) in [5.74, 6) is 0.954. The van der Waals surface area contributed by atoms with Crippen LogP contribution in [0.4, 0.5) is 5.82 Å². The Morgan fingerprint density at radius 1 is 1.21 bits per heavy atom. The van der Waals surface area contributed by atoms with E-state index in [1.165, 1.54) is 0 Å². The van der Waals surface area contributed by atoms with Gasteiger partial charge in [0, 0.05) is 37.6 Å². The van der Waals surface area contributed by atoms with Crippen LogP contribution >= 0.6 is 0 Å². The van der Waals surface area contributed by atoms with Gasteiger partial charge in [-0.2, -0.15) is 0 Å². The van der Waals surface area contributed by atoms with Crippen LogP contribution in [0.1, 0.15) is 30.1 Å². The fraction of sp³-hybridized carbons (Fsp3) is 0.474. The van der Waals surface area contributed by atoms with Crippen molar-refractivity contribution in [3.05, 3.63) is 35.9 Å². The molecular weight excluding hydrogens is 300 g/mol. The Hall–Kier alpha value is -2.14. The average molecular weight is 324 g/mol. The molecule has 0 atom stereocenters. The molecule has 2 fully saturated rings. The van der Waals surface area contributed by atoms with E-state index in [1.807, 2.05) is 30.3 Å². The number of anilines is 1. The second-order valence-corrected chi connectivity index (χ2v) is 6.71. The first-order valence-electron chi connectivity index (χ1n) is 8.92. The zero-order chi connectivity index (χ0) is 16.5. The zero-order valence-electron chi connectivity index (χ0n) is 14.2. The highest BCUT2D eigenvalue weighted by atomic mass is 16.1. The molecule has 0 bridgehead atoms. The van der Waals surface area contributed by atoms with Crippen molar-refractivity contribution in [2.45, 2.75) is 25.8 Å². The van der Waals surface area contributed by atoms with Crippen molar-refractivity contribution in [2.24, 2.45) is 0 Å². The molecule has 4 rings (SSSR count). The molecule has 1 saturated heterocycles. The molecule has 1 aliphatic carbocycles. The van der Waals surface area contributed by atoms with Crippen LogP contribution in [-0.2, 0) is 0 Å². The number of benzene rings is 1. The molecule has 2 aliphatic rings. The second kappa shape index (κ2) is 6.40. The number of amides is 1. The Kier molecular flexibility index (Phi) is 4.10. The van der Waals surface area contributed by atoms with Gasteiger partial charge < -0.3 is 15.1 Å². The Labute approximate surface area is 142 Å². The summed E-state index contributed by atoms with van der Waals surface area (Å²) in [5, 5.41) is 4.05. The second-order valence-electron chi connectivity index (χ2n) is 6.71. The summed E-state index contributed by atoms with van der Waals surface area (Å²) in [6.07, 6.45) is 2.20. The number of rotatable bonds is 4. The highest BCUT2D eigenvalue weighted by molar-refractivity contribution is 6.07. The molecule has 0 spiro atoms. The quantitative estimate of drug-likeness (QED) is 0.937. The van der Waals surface area contributed by atoms with Crippen LogP contribution in [0.15, 0.2) is 30.3 Å². The number of pyridine rings is 1. The monoisotopic (exact) mass is 324 g/mol. The third-order valence-electron chi connectivity index (χ3n) is 5.00. The number of hydrogen-bond acceptors (Lipinski definition) is 4. The van der Waals surface area contributed by atoms with Crippen LogP contribution in [-0.4, -0.2) is 54.6 Å². The van der Waals surface area contributed by atoms with E-state index in [-0.39, 0.29) is 5.91 Å². The minimum absolute atomic E-state index is 0.0320. The molecule has 5 nitrogen and oxygen atoms in total. The lowest BCUT2D eigenvalue weighted by molar-refractivity contribution is 0.0952. The first kappa shape index (κ1) is 15.4. The highest BCUT2D eigenvalue weighted by Gasteiger charge is 2.26. The molecule has 2 aromatic rings. The van der Waals surface area contributed by atoms with E-state index in [0.29, 0.717) is 6.04 Å². The number of fused-ring (bicyclic) bond motifs is 1. The van der Waals surface area contributed by atoms with E-state index < -0.39 is 0 Å². The number of hydrogen-bond donors (Lipinski definition) is 1. The topological polar surface area (TPSA) is 48.5 Å². The normalized spacial score (nSPS) is 18.8. The van der Waals surface area contributed by atoms with Gasteiger partial charge in [0.25, 0.3) is 5.91 Å². The SMILES string of the molecule is CCN1CCN(c2cc(C(=O)NC3CC3)c3ccccc3n2)CC1. The molecule has 1 aromatic carbocycles. The van der Waals surface area contributed by atoms with Crippen molar-refractivity contribution in [3.63, 3.8) is 0 Å². The third kappa shape index (κ3) is 3.08. The van der Waals surface area contributed by atoms with Crippen molar-refractivity contribution in [3.8, 4) is 0 Å². The van der Waals surface area contributed by atoms with Gasteiger partial charge in [0.2, 0.25) is 0 Å². The smallest absolute Gasteiger partial charge is 0.252 e. The molecule has 1 saturated carbocycles. The lowest BCUT2D eigenvalue weighted by Crippen LogP contribution is -2.46. The average Bonchev–Trinajstić information content (AvgIpc) is 3.44. The molecule has 5 heteroatoms. The first-order valence-corrected chi connectivity index (χ1v) is 8.92. The van der Waals surface area contributed by atoms with Crippen LogP contribution in [0, 0.1) is 0 Å². The van der Waals surface area contributed by atoms with Crippen molar-refractivity contribution in [2.75, 3.05) is 37.6 Å². The molecule has 126 valence electrons. The first-order chi connectivity index (χ1) is 11.7. The van der Waals surface area contributed by atoms with Gasteiger partial charge in [0.05, 0.1) is 11.1 Å². The number of nitrogens with zero attached hydrogens (tertiary/aromatic N) is 3. The largest absolute Gasteiger partial charge is 0.354 e. The zero-order valence-corrected chi connectivity index (χ0v) is 14.2. The van der Waals surface area contributed by atoms with E-state index in [1.54, 1.807) is 0 Å². The van der Waals surface area contributed by atoms with Gasteiger partial charge in [-0.3, -0.25) is 4.79 Å². The fourth-order valence-electron chi connectivity index (χ4n) is 3.30. The van der Waals surface area contributed by atoms with Crippen LogP contribution in [0.25, 0.3) is 10.9 Å². The summed E-state index contributed by atoms with van der Waals surface area (Å²) in [6.45, 7) is 7.31. The van der Waals surface area contributed by atoms with Crippen molar-refractivity contribution < 1.29 is 4.79 Å². The molecule has 24 heavy (non-hydrogen) atoms. The standard InChI is InChI=1S/C19H24N4O/c1-2-22-9-11-23(12-10-22)18-13-16(19(24)20-14-7-8-14)15-5-3-4-6-17(15)21-18/h3-6,13-14H,2,7-12H2,1H3,(H,20,24). The number of nitrogens with one attached hydrogen (secondary N) is 1. The summed E-state index contributed by atoms with van der Waals surface area (Å²) in [4.78, 5) is 22.2. The fourth-order valence-corrected chi connectivity index (χ4v) is 3.30. The van der Waals surface area contributed by atoms with Crippen molar-refractivity contribution >= 4 is 22.6 Å². The Morgan fingerprint density at radius 3 is 2.67 bits per heavy atom. The van der Waals surface area contributed by atoms with Gasteiger partial charge in [-0.1, -0.05) is 25.1 Å². The maximum Gasteiger partial charge on any atom is 0.252 e. The lowest BCUT2D eigenvalue weighted by Gasteiger charge is -2.35. The summed E-state index contributed by atoms with van der Waals surface area (Å²) in [7, 11) is 0. The van der Waals surface area contributed by atoms with Crippen LogP contribution in [0.2, 0.25) is 0 Å². The van der Waals surface area contributed by atoms with Gasteiger partial charge in [0.1, 0.15) is 5.82 Å². The molecule has 2 heterocycles. The van der Waals surface area contributed by atoms with Crippen LogP contribution in [0.3, 0.4) is 0 Å². The molecule has 1 amide bonds. The van der Waals surface area contributed by atoms with E-state index in [2.05, 4.69) is 22.0 Å². The van der Waals surface area contributed by atoms with Gasteiger partial charge in [-0.05, 0) is 31.5 Å². The summed E-state index contributed by atoms with van der Waals surface area (Å²) >= 11 is 0. The minimum atomic E-state index is 0.0320. The third-order valence-corrected chi connectivity index (χ3v) is 5.00. The van der Waals surface area contributed by atoms with Gasteiger partial charge >= 0.3 is 0 Å². The Morgan fingerprint density at radius 2 is 1.96 bits per heavy atom. The van der Waals surface area contributed by atoms with Gasteiger partial charge in [0.15, 0.2) is 0 Å². The number of carbonyl (C=O) groups excluding carboxylic acids is 1. The minimum Gasteiger partial charge on any atom is -0.354 e. The van der Waals surface area contributed by atoms with Crippen molar-refractivity contribution in [1.82, 2.24) is 15.2 Å². The van der Waals surface area contributed by atoms with Crippen molar-refractivity contribution in [1.29, 1.82) is 0 Å². The van der Waals surface area contributed by atoms with Crippen LogP contribution in [0.5, 0.6) is 0 Å². The Balaban J connectivity index is 1.67. The number of carbonyl (C=O) groups is 1. The van der Waals surface area contributed by atoms with Gasteiger partial charge in [-0.15, -0.1) is 0 Å². The maximum atomic E-state index is 12.7. The number of aromatic nitrogens is 1. The number of piperazine rings is 1. The molecule has 0 unspecified atom stereocenters. The summed E-state index contributed by atoms with van der Waals surface area (Å²) in [6, 6.07) is 10.3. The van der Waals surface area contributed by atoms with Crippen LogP contribution < -0.4 is 10.2 Å². The maximum absolute atomic E-state index is 12.7. The number of likely N-dealkylation sites (N-methyl/N-ethyl adjacent to an activating group) is 1. The predicted octanol–water partition coefficient (Wildman–Crippen LogP) is 2.27. The van der Waals surface area contributed by atoms with Gasteiger partial charge in [-0.25, -0.2) is 4.98 Å². The molecule has 1 aliphatic heterocycles. The molecular formula is C19H24N4O. The molecule has 0 radical (unpaired) electrons.